The molecule has 2 N–H and O–H groups in total. The molecule has 2 aromatic rings. The Morgan fingerprint density at radius 3 is 2.63 bits per heavy atom. The molecule has 0 radical (unpaired) electrons. The molecule has 0 bridgehead atoms. The lowest BCUT2D eigenvalue weighted by molar-refractivity contribution is -0.119. The summed E-state index contributed by atoms with van der Waals surface area (Å²) in [7, 11) is 0. The van der Waals surface area contributed by atoms with Gasteiger partial charge in [0.15, 0.2) is 0 Å². The first kappa shape index (κ1) is 19.4. The van der Waals surface area contributed by atoms with Crippen LogP contribution in [0.5, 0.6) is 0 Å². The predicted molar refractivity (Wildman–Crippen MR) is 112 cm³/mol. The maximum Gasteiger partial charge on any atom is 0.244 e. The van der Waals surface area contributed by atoms with Gasteiger partial charge in [-0.2, -0.15) is 0 Å². The zero-order valence-electron chi connectivity index (χ0n) is 15.1. The summed E-state index contributed by atoms with van der Waals surface area (Å²) in [5.41, 5.74) is 2.67. The summed E-state index contributed by atoms with van der Waals surface area (Å²) >= 11 is 3.46. The van der Waals surface area contributed by atoms with Crippen LogP contribution >= 0.6 is 15.9 Å². The Hall–Kier alpha value is -2.40. The van der Waals surface area contributed by atoms with Gasteiger partial charge in [-0.3, -0.25) is 9.59 Å². The van der Waals surface area contributed by atoms with Crippen LogP contribution in [0.25, 0.3) is 6.08 Å². The highest BCUT2D eigenvalue weighted by molar-refractivity contribution is 9.10. The highest BCUT2D eigenvalue weighted by Crippen LogP contribution is 2.26. The van der Waals surface area contributed by atoms with Crippen molar-refractivity contribution in [3.05, 3.63) is 70.2 Å². The Labute approximate surface area is 168 Å². The fraction of sp³-hybridized carbons (Fsp3) is 0.273. The Kier molecular flexibility index (Phi) is 6.82. The molecule has 1 aliphatic carbocycles. The second kappa shape index (κ2) is 9.51. The van der Waals surface area contributed by atoms with E-state index in [2.05, 4.69) is 26.6 Å². The van der Waals surface area contributed by atoms with Gasteiger partial charge in [-0.05, 0) is 48.2 Å². The van der Waals surface area contributed by atoms with E-state index in [1.54, 1.807) is 6.08 Å². The topological polar surface area (TPSA) is 58.2 Å². The normalized spacial score (nSPS) is 14.4. The summed E-state index contributed by atoms with van der Waals surface area (Å²) in [5, 5.41) is 5.86. The minimum Gasteiger partial charge on any atom is -0.348 e. The molecule has 1 aliphatic rings. The van der Waals surface area contributed by atoms with Crippen molar-refractivity contribution >= 4 is 39.5 Å². The van der Waals surface area contributed by atoms with Crippen LogP contribution in [0.1, 0.15) is 36.8 Å². The van der Waals surface area contributed by atoms with Crippen LogP contribution in [0.2, 0.25) is 0 Å². The van der Waals surface area contributed by atoms with Gasteiger partial charge < -0.3 is 10.6 Å². The molecular weight excluding hydrogens is 404 g/mol. The van der Waals surface area contributed by atoms with Gasteiger partial charge in [-0.25, -0.2) is 0 Å². The molecule has 0 aromatic heterocycles. The quantitative estimate of drug-likeness (QED) is 0.644. The van der Waals surface area contributed by atoms with E-state index in [1.807, 2.05) is 48.5 Å². The molecule has 0 atom stereocenters. The summed E-state index contributed by atoms with van der Waals surface area (Å²) in [6.45, 7) is 0.409. The number of halogens is 1. The van der Waals surface area contributed by atoms with E-state index in [0.29, 0.717) is 6.54 Å². The lowest BCUT2D eigenvalue weighted by Crippen LogP contribution is -2.21. The number of carbonyl (C=O) groups is 2. The maximum absolute atomic E-state index is 12.2. The Morgan fingerprint density at radius 1 is 1.07 bits per heavy atom. The third-order valence-electron chi connectivity index (χ3n) is 4.71. The van der Waals surface area contributed by atoms with Crippen LogP contribution in [-0.2, 0) is 16.1 Å². The van der Waals surface area contributed by atoms with Crippen molar-refractivity contribution < 1.29 is 9.59 Å². The molecule has 140 valence electrons. The van der Waals surface area contributed by atoms with Crippen molar-refractivity contribution in [2.75, 3.05) is 5.32 Å². The molecule has 27 heavy (non-hydrogen) atoms. The fourth-order valence-electron chi connectivity index (χ4n) is 3.22. The second-order valence-electron chi connectivity index (χ2n) is 6.74. The number of hydrogen-bond donors (Lipinski definition) is 2. The van der Waals surface area contributed by atoms with E-state index >= 15 is 0 Å². The molecule has 3 rings (SSSR count). The van der Waals surface area contributed by atoms with E-state index < -0.39 is 0 Å². The monoisotopic (exact) mass is 426 g/mol. The number of nitrogens with one attached hydrogen (secondary N) is 2. The summed E-state index contributed by atoms with van der Waals surface area (Å²) in [4.78, 5) is 24.3. The van der Waals surface area contributed by atoms with E-state index in [0.717, 1.165) is 47.0 Å². The van der Waals surface area contributed by atoms with Crippen molar-refractivity contribution in [3.8, 4) is 0 Å². The first-order valence-electron chi connectivity index (χ1n) is 9.22. The van der Waals surface area contributed by atoms with Crippen LogP contribution < -0.4 is 10.6 Å². The first-order valence-corrected chi connectivity index (χ1v) is 10.0. The van der Waals surface area contributed by atoms with Crippen LogP contribution in [0.3, 0.4) is 0 Å². The first-order chi connectivity index (χ1) is 13.1. The van der Waals surface area contributed by atoms with Crippen molar-refractivity contribution in [1.82, 2.24) is 5.32 Å². The summed E-state index contributed by atoms with van der Waals surface area (Å²) < 4.78 is 0.944. The van der Waals surface area contributed by atoms with E-state index in [1.165, 1.54) is 6.08 Å². The van der Waals surface area contributed by atoms with Gasteiger partial charge in [0.05, 0.1) is 0 Å². The molecule has 0 saturated heterocycles. The average molecular weight is 427 g/mol. The summed E-state index contributed by atoms with van der Waals surface area (Å²) in [5.74, 6) is 0.0759. The summed E-state index contributed by atoms with van der Waals surface area (Å²) in [6.07, 6.45) is 7.52. The van der Waals surface area contributed by atoms with E-state index in [9.17, 15) is 9.59 Å². The van der Waals surface area contributed by atoms with E-state index in [-0.39, 0.29) is 17.7 Å². The van der Waals surface area contributed by atoms with Crippen molar-refractivity contribution in [3.63, 3.8) is 0 Å². The lowest BCUT2D eigenvalue weighted by atomic mass is 10.1. The highest BCUT2D eigenvalue weighted by Gasteiger charge is 2.22. The van der Waals surface area contributed by atoms with Gasteiger partial charge >= 0.3 is 0 Å². The third kappa shape index (κ3) is 5.79. The number of hydrogen-bond acceptors (Lipinski definition) is 2. The van der Waals surface area contributed by atoms with Crippen LogP contribution in [0.15, 0.2) is 59.1 Å². The van der Waals surface area contributed by atoms with Crippen molar-refractivity contribution in [2.45, 2.75) is 32.2 Å². The molecule has 0 unspecified atom stereocenters. The maximum atomic E-state index is 12.2. The zero-order valence-corrected chi connectivity index (χ0v) is 16.7. The largest absolute Gasteiger partial charge is 0.348 e. The number of anilines is 1. The second-order valence-corrected chi connectivity index (χ2v) is 7.60. The molecule has 0 spiro atoms. The van der Waals surface area contributed by atoms with E-state index in [4.69, 9.17) is 0 Å². The smallest absolute Gasteiger partial charge is 0.244 e. The van der Waals surface area contributed by atoms with Crippen molar-refractivity contribution in [1.29, 1.82) is 0 Å². The molecule has 1 saturated carbocycles. The van der Waals surface area contributed by atoms with Gasteiger partial charge in [0.1, 0.15) is 0 Å². The molecular formula is C22H23BrN2O2. The standard InChI is InChI=1S/C22H23BrN2O2/c23-20-11-4-3-7-17(20)12-13-21(26)24-15-16-6-5-10-19(14-16)25-22(27)18-8-1-2-9-18/h3-7,10-14,18H,1-2,8-9,15H2,(H,24,26)(H,25,27)/b13-12+. The Balaban J connectivity index is 1.52. The lowest BCUT2D eigenvalue weighted by Gasteiger charge is -2.11. The fourth-order valence-corrected chi connectivity index (χ4v) is 3.63. The molecule has 2 aromatic carbocycles. The van der Waals surface area contributed by atoms with Crippen LogP contribution in [-0.4, -0.2) is 11.8 Å². The minimum absolute atomic E-state index is 0.102. The zero-order chi connectivity index (χ0) is 19.1. The number of amides is 2. The van der Waals surface area contributed by atoms with Gasteiger partial charge in [0.25, 0.3) is 0 Å². The summed E-state index contributed by atoms with van der Waals surface area (Å²) in [6, 6.07) is 15.3. The molecule has 1 fully saturated rings. The van der Waals surface area contributed by atoms with Crippen LogP contribution in [0.4, 0.5) is 5.69 Å². The molecule has 5 heteroatoms. The highest BCUT2D eigenvalue weighted by atomic mass is 79.9. The van der Waals surface area contributed by atoms with Gasteiger partial charge in [-0.15, -0.1) is 0 Å². The predicted octanol–water partition coefficient (Wildman–Crippen LogP) is 4.91. The molecule has 0 aliphatic heterocycles. The van der Waals surface area contributed by atoms with Gasteiger partial charge in [-0.1, -0.05) is 59.1 Å². The SMILES string of the molecule is O=C(/C=C/c1ccccc1Br)NCc1cccc(NC(=O)C2CCCC2)c1. The number of carbonyl (C=O) groups excluding carboxylic acids is 2. The molecule has 4 nitrogen and oxygen atoms in total. The molecule has 0 heterocycles. The third-order valence-corrected chi connectivity index (χ3v) is 5.43. The average Bonchev–Trinajstić information content (AvgIpc) is 3.21. The Bertz CT molecular complexity index is 842. The molecule has 2 amide bonds. The van der Waals surface area contributed by atoms with Gasteiger partial charge in [0.2, 0.25) is 11.8 Å². The minimum atomic E-state index is -0.161. The van der Waals surface area contributed by atoms with Crippen molar-refractivity contribution in [2.24, 2.45) is 5.92 Å². The Morgan fingerprint density at radius 2 is 1.85 bits per heavy atom. The number of benzene rings is 2. The van der Waals surface area contributed by atoms with Crippen LogP contribution in [0, 0.1) is 5.92 Å². The number of rotatable bonds is 6. The van der Waals surface area contributed by atoms with Gasteiger partial charge in [0, 0.05) is 28.7 Å².